The van der Waals surface area contributed by atoms with E-state index in [0.29, 0.717) is 18.9 Å². The van der Waals surface area contributed by atoms with E-state index in [2.05, 4.69) is 17.6 Å². The van der Waals surface area contributed by atoms with Crippen molar-refractivity contribution in [2.24, 2.45) is 5.92 Å². The highest BCUT2D eigenvalue weighted by atomic mass is 16.3. The normalized spacial score (nSPS) is 29.0. The van der Waals surface area contributed by atoms with Gasteiger partial charge in [-0.25, -0.2) is 0 Å². The van der Waals surface area contributed by atoms with E-state index >= 15 is 0 Å². The minimum Gasteiger partial charge on any atom is -0.394 e. The van der Waals surface area contributed by atoms with Gasteiger partial charge in [-0.1, -0.05) is 13.8 Å². The molecule has 1 rings (SSSR count). The van der Waals surface area contributed by atoms with Crippen LogP contribution in [0, 0.1) is 5.92 Å². The Labute approximate surface area is 104 Å². The number of rotatable bonds is 6. The molecular formula is C13H26N2O2. The highest BCUT2D eigenvalue weighted by Crippen LogP contribution is 2.31. The highest BCUT2D eigenvalue weighted by Gasteiger charge is 2.34. The summed E-state index contributed by atoms with van der Waals surface area (Å²) in [5.74, 6) is 0.767. The number of carbonyl (C=O) groups is 1. The van der Waals surface area contributed by atoms with Gasteiger partial charge in [-0.3, -0.25) is 4.79 Å². The Balaban J connectivity index is 2.37. The second-order valence-corrected chi connectivity index (χ2v) is 5.27. The summed E-state index contributed by atoms with van der Waals surface area (Å²) in [5.41, 5.74) is -0.351. The Kier molecular flexibility index (Phi) is 5.92. The van der Waals surface area contributed by atoms with E-state index in [9.17, 15) is 9.90 Å². The first-order valence-electron chi connectivity index (χ1n) is 6.74. The van der Waals surface area contributed by atoms with Gasteiger partial charge in [0, 0.05) is 13.0 Å². The zero-order chi connectivity index (χ0) is 12.7. The molecule has 0 atom stereocenters. The fourth-order valence-corrected chi connectivity index (χ4v) is 2.37. The first-order valence-corrected chi connectivity index (χ1v) is 6.74. The van der Waals surface area contributed by atoms with Crippen molar-refractivity contribution < 1.29 is 9.90 Å². The number of aliphatic hydroxyl groups excluding tert-OH is 1. The van der Waals surface area contributed by atoms with Crippen molar-refractivity contribution >= 4 is 5.91 Å². The number of carbonyl (C=O) groups excluding carboxylic acids is 1. The predicted octanol–water partition coefficient (Wildman–Crippen LogP) is 1.04. The van der Waals surface area contributed by atoms with Gasteiger partial charge >= 0.3 is 0 Å². The van der Waals surface area contributed by atoms with Crippen LogP contribution >= 0.6 is 0 Å². The van der Waals surface area contributed by atoms with Crippen LogP contribution in [0.5, 0.6) is 0 Å². The quantitative estimate of drug-likeness (QED) is 0.610. The number of hydrogen-bond donors (Lipinski definition) is 3. The molecule has 0 aromatic heterocycles. The van der Waals surface area contributed by atoms with Crippen LogP contribution in [0.3, 0.4) is 0 Å². The fraction of sp³-hybridized carbons (Fsp3) is 0.923. The average Bonchev–Trinajstić information content (AvgIpc) is 2.33. The molecule has 1 amide bonds. The summed E-state index contributed by atoms with van der Waals surface area (Å²) in [6.45, 7) is 5.91. The molecule has 0 aromatic carbocycles. The number of hydrogen-bond acceptors (Lipinski definition) is 3. The lowest BCUT2D eigenvalue weighted by Gasteiger charge is -2.38. The lowest BCUT2D eigenvalue weighted by molar-refractivity contribution is -0.124. The van der Waals surface area contributed by atoms with E-state index in [0.717, 1.165) is 32.2 Å². The number of amides is 1. The molecule has 0 radical (unpaired) electrons. The van der Waals surface area contributed by atoms with Crippen molar-refractivity contribution in [1.82, 2.24) is 10.6 Å². The van der Waals surface area contributed by atoms with Crippen LogP contribution in [-0.2, 0) is 4.79 Å². The maximum atomic E-state index is 11.8. The lowest BCUT2D eigenvalue weighted by Crippen LogP contribution is -2.53. The molecule has 4 nitrogen and oxygen atoms in total. The van der Waals surface area contributed by atoms with E-state index in [1.165, 1.54) is 0 Å². The Hall–Kier alpha value is -0.610. The molecule has 0 bridgehead atoms. The summed E-state index contributed by atoms with van der Waals surface area (Å²) in [6, 6.07) is 0. The van der Waals surface area contributed by atoms with Crippen LogP contribution in [0.2, 0.25) is 0 Å². The lowest BCUT2D eigenvalue weighted by atomic mass is 9.77. The van der Waals surface area contributed by atoms with Gasteiger partial charge in [-0.05, 0) is 38.1 Å². The van der Waals surface area contributed by atoms with Gasteiger partial charge in [0.25, 0.3) is 0 Å². The summed E-state index contributed by atoms with van der Waals surface area (Å²) in [7, 11) is 0. The molecule has 0 spiro atoms. The smallest absolute Gasteiger partial charge is 0.221 e. The molecule has 0 unspecified atom stereocenters. The fourth-order valence-electron chi connectivity index (χ4n) is 2.37. The Bertz CT molecular complexity index is 236. The Morgan fingerprint density at radius 3 is 2.59 bits per heavy atom. The third-order valence-electron chi connectivity index (χ3n) is 3.72. The summed E-state index contributed by atoms with van der Waals surface area (Å²) in [5, 5.41) is 15.7. The maximum Gasteiger partial charge on any atom is 0.221 e. The highest BCUT2D eigenvalue weighted by molar-refractivity contribution is 5.77. The van der Waals surface area contributed by atoms with Gasteiger partial charge in [0.1, 0.15) is 0 Å². The van der Waals surface area contributed by atoms with Crippen LogP contribution < -0.4 is 10.6 Å². The van der Waals surface area contributed by atoms with E-state index in [4.69, 9.17) is 0 Å². The molecule has 3 N–H and O–H groups in total. The van der Waals surface area contributed by atoms with Gasteiger partial charge < -0.3 is 15.7 Å². The van der Waals surface area contributed by atoms with Crippen LogP contribution in [0.1, 0.15) is 46.0 Å². The molecule has 4 heteroatoms. The Morgan fingerprint density at radius 1 is 1.41 bits per heavy atom. The molecule has 0 heterocycles. The van der Waals surface area contributed by atoms with Crippen LogP contribution in [0.15, 0.2) is 0 Å². The monoisotopic (exact) mass is 242 g/mol. The maximum absolute atomic E-state index is 11.8. The first-order chi connectivity index (χ1) is 8.12. The summed E-state index contributed by atoms with van der Waals surface area (Å²) >= 11 is 0. The van der Waals surface area contributed by atoms with E-state index in [1.54, 1.807) is 0 Å². The summed E-state index contributed by atoms with van der Waals surface area (Å²) in [6.07, 6.45) is 4.47. The largest absolute Gasteiger partial charge is 0.394 e. The summed E-state index contributed by atoms with van der Waals surface area (Å²) in [4.78, 5) is 11.8. The van der Waals surface area contributed by atoms with E-state index in [1.807, 2.05) is 6.92 Å². The molecule has 0 saturated heterocycles. The molecule has 17 heavy (non-hydrogen) atoms. The van der Waals surface area contributed by atoms with Crippen molar-refractivity contribution in [1.29, 1.82) is 0 Å². The minimum absolute atomic E-state index is 0.0505. The molecule has 1 saturated carbocycles. The van der Waals surface area contributed by atoms with Crippen LogP contribution in [0.25, 0.3) is 0 Å². The van der Waals surface area contributed by atoms with Crippen molar-refractivity contribution in [3.05, 3.63) is 0 Å². The SMILES string of the molecule is CCNCCC(=O)NC1(CO)CCC(C)CC1. The standard InChI is InChI=1S/C13H26N2O2/c1-3-14-9-6-12(17)15-13(10-16)7-4-11(2)5-8-13/h11,14,16H,3-10H2,1-2H3,(H,15,17). The number of aliphatic hydroxyl groups is 1. The van der Waals surface area contributed by atoms with Crippen molar-refractivity contribution in [3.63, 3.8) is 0 Å². The average molecular weight is 242 g/mol. The first kappa shape index (κ1) is 14.5. The number of nitrogens with one attached hydrogen (secondary N) is 2. The van der Waals surface area contributed by atoms with Crippen molar-refractivity contribution in [2.45, 2.75) is 51.5 Å². The molecule has 1 aliphatic rings. The molecule has 1 fully saturated rings. The van der Waals surface area contributed by atoms with Crippen LogP contribution in [-0.4, -0.2) is 36.2 Å². The predicted molar refractivity (Wildman–Crippen MR) is 68.8 cm³/mol. The van der Waals surface area contributed by atoms with Crippen molar-refractivity contribution in [3.8, 4) is 0 Å². The van der Waals surface area contributed by atoms with E-state index < -0.39 is 0 Å². The third kappa shape index (κ3) is 4.64. The van der Waals surface area contributed by atoms with Gasteiger partial charge in [0.05, 0.1) is 12.1 Å². The van der Waals surface area contributed by atoms with Gasteiger partial charge in [-0.2, -0.15) is 0 Å². The van der Waals surface area contributed by atoms with E-state index in [-0.39, 0.29) is 18.1 Å². The van der Waals surface area contributed by atoms with Crippen molar-refractivity contribution in [2.75, 3.05) is 19.7 Å². The molecule has 1 aliphatic carbocycles. The zero-order valence-corrected chi connectivity index (χ0v) is 11.1. The van der Waals surface area contributed by atoms with Gasteiger partial charge in [-0.15, -0.1) is 0 Å². The molecule has 0 aliphatic heterocycles. The molecule has 100 valence electrons. The zero-order valence-electron chi connectivity index (χ0n) is 11.1. The molecular weight excluding hydrogens is 216 g/mol. The second kappa shape index (κ2) is 6.97. The second-order valence-electron chi connectivity index (χ2n) is 5.27. The third-order valence-corrected chi connectivity index (χ3v) is 3.72. The summed E-state index contributed by atoms with van der Waals surface area (Å²) < 4.78 is 0. The van der Waals surface area contributed by atoms with Gasteiger partial charge in [0.2, 0.25) is 5.91 Å². The topological polar surface area (TPSA) is 61.4 Å². The van der Waals surface area contributed by atoms with Crippen LogP contribution in [0.4, 0.5) is 0 Å². The molecule has 0 aromatic rings. The minimum atomic E-state index is -0.351. The Morgan fingerprint density at radius 2 is 2.06 bits per heavy atom. The van der Waals surface area contributed by atoms with Gasteiger partial charge in [0.15, 0.2) is 0 Å².